The number of alkyl halides is 9. The van der Waals surface area contributed by atoms with E-state index in [4.69, 9.17) is 23.2 Å². The van der Waals surface area contributed by atoms with Crippen molar-refractivity contribution in [1.82, 2.24) is 5.32 Å². The van der Waals surface area contributed by atoms with E-state index in [0.29, 0.717) is 24.3 Å². The molecule has 1 atom stereocenters. The zero-order chi connectivity index (χ0) is 29.8. The van der Waals surface area contributed by atoms with E-state index in [9.17, 15) is 53.5 Å². The predicted octanol–water partition coefficient (Wildman–Crippen LogP) is 8.54. The second kappa shape index (κ2) is 12.6. The number of rotatable bonds is 9. The number of Topliss-reactive ketones (excluding diaryl/α,β-unsaturated/α-hetero) is 1. The van der Waals surface area contributed by atoms with Gasteiger partial charge in [0.2, 0.25) is 5.91 Å². The number of allylic oxidation sites excluding steroid dienone is 1. The summed E-state index contributed by atoms with van der Waals surface area (Å²) in [5.41, 5.74) is -3.23. The van der Waals surface area contributed by atoms with Crippen molar-refractivity contribution in [2.24, 2.45) is 0 Å². The summed E-state index contributed by atoms with van der Waals surface area (Å²) in [5.74, 6) is -5.71. The lowest BCUT2D eigenvalue weighted by molar-refractivity contribution is -0.139. The zero-order valence-electron chi connectivity index (χ0n) is 19.3. The minimum absolute atomic E-state index is 0.350. The highest BCUT2D eigenvalue weighted by atomic mass is 35.5. The maximum Gasteiger partial charge on any atom is 0.417 e. The van der Waals surface area contributed by atoms with Crippen molar-refractivity contribution in [3.63, 3.8) is 0 Å². The van der Waals surface area contributed by atoms with Gasteiger partial charge in [-0.1, -0.05) is 47.5 Å². The fourth-order valence-corrected chi connectivity index (χ4v) is 3.85. The van der Waals surface area contributed by atoms with E-state index < -0.39 is 88.1 Å². The summed E-state index contributed by atoms with van der Waals surface area (Å²) in [6.07, 6.45) is -15.0. The molecule has 0 aliphatic rings. The average Bonchev–Trinajstić information content (AvgIpc) is 2.79. The molecule has 2 rings (SSSR count). The monoisotopic (exact) mass is 611 g/mol. The molecule has 0 aromatic heterocycles. The molecule has 39 heavy (non-hydrogen) atoms. The molecule has 1 N–H and O–H groups in total. The highest BCUT2D eigenvalue weighted by Crippen LogP contribution is 2.40. The largest absolute Gasteiger partial charge is 0.417 e. The molecule has 0 saturated heterocycles. The van der Waals surface area contributed by atoms with Crippen molar-refractivity contribution < 1.29 is 53.5 Å². The van der Waals surface area contributed by atoms with Crippen LogP contribution in [0.1, 0.15) is 52.2 Å². The average molecular weight is 612 g/mol. The van der Waals surface area contributed by atoms with E-state index in [1.807, 2.05) is 0 Å². The van der Waals surface area contributed by atoms with Crippen LogP contribution >= 0.6 is 23.2 Å². The van der Waals surface area contributed by atoms with E-state index in [2.05, 4.69) is 0 Å². The maximum atomic E-state index is 13.7. The van der Waals surface area contributed by atoms with Crippen LogP contribution in [0.3, 0.4) is 0 Å². The number of benzene rings is 2. The molecule has 214 valence electrons. The maximum absolute atomic E-state index is 13.7. The van der Waals surface area contributed by atoms with Crippen LogP contribution < -0.4 is 5.32 Å². The molecule has 0 aliphatic carbocycles. The number of hydrogen-bond donors (Lipinski definition) is 1. The van der Waals surface area contributed by atoms with Crippen LogP contribution in [0.2, 0.25) is 10.0 Å². The third-order valence-corrected chi connectivity index (χ3v) is 5.69. The van der Waals surface area contributed by atoms with Gasteiger partial charge in [0.25, 0.3) is 0 Å². The predicted molar refractivity (Wildman–Crippen MR) is 123 cm³/mol. The van der Waals surface area contributed by atoms with Crippen LogP contribution in [0.4, 0.5) is 43.9 Å². The van der Waals surface area contributed by atoms with Crippen molar-refractivity contribution >= 4 is 41.0 Å². The van der Waals surface area contributed by atoms with Crippen molar-refractivity contribution in [1.29, 1.82) is 0 Å². The van der Waals surface area contributed by atoms with Gasteiger partial charge in [0.15, 0.2) is 11.6 Å². The van der Waals surface area contributed by atoms with E-state index in [1.54, 1.807) is 5.32 Å². The zero-order valence-corrected chi connectivity index (χ0v) is 20.8. The van der Waals surface area contributed by atoms with E-state index in [0.717, 1.165) is 18.2 Å². The number of amides is 1. The second-order valence-corrected chi connectivity index (χ2v) is 8.96. The van der Waals surface area contributed by atoms with Crippen molar-refractivity contribution in [3.8, 4) is 0 Å². The Morgan fingerprint density at radius 3 is 2.00 bits per heavy atom. The van der Waals surface area contributed by atoms with Gasteiger partial charge in [0.1, 0.15) is 6.54 Å². The first kappa shape index (κ1) is 32.4. The van der Waals surface area contributed by atoms with Gasteiger partial charge in [-0.2, -0.15) is 39.5 Å². The molecule has 3 nitrogen and oxygen atoms in total. The number of carbonyl (C=O) groups is 2. The van der Waals surface area contributed by atoms with Crippen LogP contribution in [0, 0.1) is 5.82 Å². The molecule has 15 heteroatoms. The Bertz CT molecular complexity index is 1210. The topological polar surface area (TPSA) is 46.2 Å². The molecular weight excluding hydrogens is 595 g/mol. The Labute approximate surface area is 224 Å². The summed E-state index contributed by atoms with van der Waals surface area (Å²) in [4.78, 5) is 23.8. The van der Waals surface area contributed by atoms with Gasteiger partial charge < -0.3 is 5.32 Å². The normalized spacial score (nSPS) is 13.5. The number of carbonyl (C=O) groups excluding carboxylic acids is 2. The Morgan fingerprint density at radius 2 is 1.49 bits per heavy atom. The van der Waals surface area contributed by atoms with Gasteiger partial charge >= 0.3 is 18.5 Å². The number of ketones is 1. The molecule has 0 bridgehead atoms. The fraction of sp³-hybridized carbons (Fsp3) is 0.333. The van der Waals surface area contributed by atoms with Gasteiger partial charge in [-0.05, 0) is 35.7 Å². The molecule has 0 fully saturated rings. The molecule has 1 unspecified atom stereocenters. The minimum atomic E-state index is -5.10. The summed E-state index contributed by atoms with van der Waals surface area (Å²) >= 11 is 11.1. The van der Waals surface area contributed by atoms with Gasteiger partial charge in [0.05, 0.1) is 21.5 Å². The number of hydrogen-bond acceptors (Lipinski definition) is 2. The molecule has 0 aliphatic heterocycles. The number of nitrogens with one attached hydrogen (secondary N) is 1. The molecule has 0 spiro atoms. The molecular formula is C24H17Cl2F10NO2. The SMILES string of the molecule is O=C(CCCC(=O)c1ccc(/C=C/C(c2cc(Cl)c(F)c(Cl)c2)C(F)(F)F)cc1C(F)(F)F)NCC(F)(F)F. The lowest BCUT2D eigenvalue weighted by Crippen LogP contribution is -2.33. The van der Waals surface area contributed by atoms with Crippen LogP contribution in [0.15, 0.2) is 36.4 Å². The Kier molecular flexibility index (Phi) is 10.5. The molecule has 1 amide bonds. The summed E-state index contributed by atoms with van der Waals surface area (Å²) in [6, 6.07) is 3.49. The third-order valence-electron chi connectivity index (χ3n) is 5.14. The molecule has 0 saturated carbocycles. The summed E-state index contributed by atoms with van der Waals surface area (Å²) < 4.78 is 132. The highest BCUT2D eigenvalue weighted by molar-refractivity contribution is 6.35. The molecule has 0 heterocycles. The minimum Gasteiger partial charge on any atom is -0.347 e. The van der Waals surface area contributed by atoms with Crippen molar-refractivity contribution in [2.75, 3.05) is 6.54 Å². The van der Waals surface area contributed by atoms with Crippen LogP contribution in [0.5, 0.6) is 0 Å². The van der Waals surface area contributed by atoms with E-state index in [1.165, 1.54) is 0 Å². The Balaban J connectivity index is 2.27. The third kappa shape index (κ3) is 9.71. The molecule has 2 aromatic carbocycles. The van der Waals surface area contributed by atoms with E-state index >= 15 is 0 Å². The van der Waals surface area contributed by atoms with Gasteiger partial charge in [0, 0.05) is 18.4 Å². The lowest BCUT2D eigenvalue weighted by atomic mass is 9.94. The standard InChI is InChI=1S/C24H17Cl2F10NO2/c25-17-9-13(10-18(26)21(17)27)15(23(31,32)33)7-5-12-4-6-14(16(8-12)24(34,35)36)19(38)2-1-3-20(39)37-11-22(28,29)30/h4-10,15H,1-3,11H2,(H,37,39)/b7-5+. The molecule has 0 radical (unpaired) electrons. The van der Waals surface area contributed by atoms with Gasteiger partial charge in [-0.25, -0.2) is 4.39 Å². The van der Waals surface area contributed by atoms with Gasteiger partial charge in [-0.15, -0.1) is 0 Å². The van der Waals surface area contributed by atoms with Crippen molar-refractivity contribution in [2.45, 2.75) is 43.7 Å². The highest BCUT2D eigenvalue weighted by Gasteiger charge is 2.40. The smallest absolute Gasteiger partial charge is 0.347 e. The summed E-state index contributed by atoms with van der Waals surface area (Å²) in [7, 11) is 0. The van der Waals surface area contributed by atoms with Crippen LogP contribution in [-0.2, 0) is 11.0 Å². The quantitative estimate of drug-likeness (QED) is 0.175. The number of halogens is 12. The van der Waals surface area contributed by atoms with Crippen LogP contribution in [-0.4, -0.2) is 30.6 Å². The van der Waals surface area contributed by atoms with Crippen LogP contribution in [0.25, 0.3) is 6.08 Å². The second-order valence-electron chi connectivity index (χ2n) is 8.15. The Hall–Kier alpha value is -2.80. The summed E-state index contributed by atoms with van der Waals surface area (Å²) in [5, 5.41) is 0.169. The summed E-state index contributed by atoms with van der Waals surface area (Å²) in [6.45, 7) is -1.61. The fourth-order valence-electron chi connectivity index (χ4n) is 3.35. The lowest BCUT2D eigenvalue weighted by Gasteiger charge is -2.18. The first-order chi connectivity index (χ1) is 17.8. The molecule has 2 aromatic rings. The van der Waals surface area contributed by atoms with Crippen molar-refractivity contribution in [3.05, 3.63) is 74.5 Å². The Morgan fingerprint density at radius 1 is 0.897 bits per heavy atom. The first-order valence-electron chi connectivity index (χ1n) is 10.8. The first-order valence-corrected chi connectivity index (χ1v) is 11.5. The van der Waals surface area contributed by atoms with E-state index in [-0.39, 0.29) is 12.0 Å². The van der Waals surface area contributed by atoms with Gasteiger partial charge in [-0.3, -0.25) is 9.59 Å².